The van der Waals surface area contributed by atoms with Gasteiger partial charge in [-0.15, -0.1) is 0 Å². The average Bonchev–Trinajstić information content (AvgIpc) is 2.62. The molecule has 1 aliphatic carbocycles. The van der Waals surface area contributed by atoms with Crippen molar-refractivity contribution in [1.82, 2.24) is 0 Å². The van der Waals surface area contributed by atoms with Gasteiger partial charge in [-0.3, -0.25) is 0 Å². The lowest BCUT2D eigenvalue weighted by atomic mass is 9.75. The highest BCUT2D eigenvalue weighted by molar-refractivity contribution is 5.97. The van der Waals surface area contributed by atoms with E-state index in [9.17, 15) is 5.11 Å². The van der Waals surface area contributed by atoms with Gasteiger partial charge in [-0.25, -0.2) is 0 Å². The molecule has 0 aromatic heterocycles. The van der Waals surface area contributed by atoms with Crippen molar-refractivity contribution in [1.29, 1.82) is 0 Å². The summed E-state index contributed by atoms with van der Waals surface area (Å²) >= 11 is 0. The predicted octanol–water partition coefficient (Wildman–Crippen LogP) is 5.52. The molecule has 0 spiro atoms. The number of nitrogens with zero attached hydrogens (tertiary/aromatic N) is 3. The van der Waals surface area contributed by atoms with Gasteiger partial charge in [-0.1, -0.05) is 53.6 Å². The highest BCUT2D eigenvalue weighted by Crippen LogP contribution is 2.50. The molecule has 0 saturated carbocycles. The van der Waals surface area contributed by atoms with E-state index in [4.69, 9.17) is 5.53 Å². The van der Waals surface area contributed by atoms with Gasteiger partial charge in [0.2, 0.25) is 0 Å². The van der Waals surface area contributed by atoms with Crippen molar-refractivity contribution in [2.24, 2.45) is 5.11 Å². The van der Waals surface area contributed by atoms with Crippen LogP contribution in [0.15, 0.2) is 53.6 Å². The molecule has 1 N–H and O–H groups in total. The number of aryl methyl sites for hydroxylation is 2. The van der Waals surface area contributed by atoms with Crippen molar-refractivity contribution in [2.75, 3.05) is 0 Å². The Morgan fingerprint density at radius 1 is 0.958 bits per heavy atom. The number of hydrogen-bond acceptors (Lipinski definition) is 2. The van der Waals surface area contributed by atoms with E-state index in [0.29, 0.717) is 0 Å². The molecule has 3 aromatic rings. The fourth-order valence-corrected chi connectivity index (χ4v) is 4.01. The lowest BCUT2D eigenvalue weighted by Crippen LogP contribution is -2.18. The summed E-state index contributed by atoms with van der Waals surface area (Å²) in [6.07, 6.45) is -0.830. The predicted molar refractivity (Wildman–Crippen MR) is 95.7 cm³/mol. The van der Waals surface area contributed by atoms with Crippen LogP contribution in [0.2, 0.25) is 0 Å². The molecule has 0 aliphatic heterocycles. The van der Waals surface area contributed by atoms with Crippen LogP contribution in [0, 0.1) is 13.8 Å². The monoisotopic (exact) mass is 315 g/mol. The van der Waals surface area contributed by atoms with Crippen LogP contribution in [0.3, 0.4) is 0 Å². The van der Waals surface area contributed by atoms with Crippen LogP contribution < -0.4 is 0 Å². The van der Waals surface area contributed by atoms with Gasteiger partial charge < -0.3 is 5.11 Å². The molecule has 0 radical (unpaired) electrons. The topological polar surface area (TPSA) is 69.0 Å². The fourth-order valence-electron chi connectivity index (χ4n) is 4.01. The van der Waals surface area contributed by atoms with Crippen LogP contribution in [-0.4, -0.2) is 5.11 Å². The summed E-state index contributed by atoms with van der Waals surface area (Å²) in [5, 5.41) is 17.1. The number of benzene rings is 3. The molecule has 0 amide bonds. The third-order valence-corrected chi connectivity index (χ3v) is 5.10. The number of fused-ring (bicyclic) bond motifs is 4. The fraction of sp³-hybridized carbons (Fsp3) is 0.200. The lowest BCUT2D eigenvalue weighted by Gasteiger charge is -2.33. The van der Waals surface area contributed by atoms with E-state index in [1.165, 1.54) is 5.39 Å². The van der Waals surface area contributed by atoms with Gasteiger partial charge in [-0.2, -0.15) is 0 Å². The summed E-state index contributed by atoms with van der Waals surface area (Å²) in [7, 11) is 0. The summed E-state index contributed by atoms with van der Waals surface area (Å²) in [5.41, 5.74) is 15.1. The second-order valence-electron chi connectivity index (χ2n) is 6.27. The molecule has 0 saturated heterocycles. The number of aliphatic hydroxyl groups is 1. The summed E-state index contributed by atoms with van der Waals surface area (Å²) in [4.78, 5) is 3.00. The van der Waals surface area contributed by atoms with Gasteiger partial charge in [0.1, 0.15) is 0 Å². The van der Waals surface area contributed by atoms with Crippen LogP contribution >= 0.6 is 0 Å². The number of azide groups is 1. The molecule has 0 bridgehead atoms. The Morgan fingerprint density at radius 2 is 1.58 bits per heavy atom. The normalized spacial score (nSPS) is 18.6. The summed E-state index contributed by atoms with van der Waals surface area (Å²) in [5.74, 6) is 0. The van der Waals surface area contributed by atoms with Gasteiger partial charge in [-0.05, 0) is 63.5 Å². The zero-order chi connectivity index (χ0) is 16.8. The average molecular weight is 315 g/mol. The molecule has 4 rings (SSSR count). The van der Waals surface area contributed by atoms with E-state index < -0.39 is 12.1 Å². The molecule has 0 heterocycles. The van der Waals surface area contributed by atoms with Crippen molar-refractivity contribution in [3.05, 3.63) is 81.2 Å². The third-order valence-electron chi connectivity index (χ3n) is 5.10. The molecule has 24 heavy (non-hydrogen) atoms. The Bertz CT molecular complexity index is 1020. The largest absolute Gasteiger partial charge is 0.388 e. The molecular weight excluding hydrogens is 298 g/mol. The molecule has 0 fully saturated rings. The van der Waals surface area contributed by atoms with Gasteiger partial charge >= 0.3 is 0 Å². The van der Waals surface area contributed by atoms with Crippen LogP contribution in [0.4, 0.5) is 0 Å². The molecule has 1 aliphatic rings. The SMILES string of the molecule is Cc1c2c(c(C)c3ccccc13)[C@@H](N=[N+]=[N-])[C@H](O)c1ccccc1-2. The molecular formula is C20H17N3O. The van der Waals surface area contributed by atoms with Gasteiger partial charge in [0.15, 0.2) is 0 Å². The van der Waals surface area contributed by atoms with Crippen LogP contribution in [0.25, 0.3) is 32.3 Å². The Kier molecular flexibility index (Phi) is 3.31. The quantitative estimate of drug-likeness (QED) is 0.358. The third kappa shape index (κ3) is 1.88. The highest BCUT2D eigenvalue weighted by atomic mass is 16.3. The van der Waals surface area contributed by atoms with Crippen molar-refractivity contribution >= 4 is 10.8 Å². The van der Waals surface area contributed by atoms with Gasteiger partial charge in [0.05, 0.1) is 12.1 Å². The minimum absolute atomic E-state index is 0.608. The zero-order valence-corrected chi connectivity index (χ0v) is 13.6. The van der Waals surface area contributed by atoms with E-state index in [-0.39, 0.29) is 0 Å². The van der Waals surface area contributed by atoms with Crippen molar-refractivity contribution in [3.8, 4) is 11.1 Å². The Hall–Kier alpha value is -2.81. The maximum absolute atomic E-state index is 10.8. The second kappa shape index (κ2) is 5.38. The maximum Gasteiger partial charge on any atom is 0.0935 e. The van der Waals surface area contributed by atoms with Gasteiger partial charge in [0, 0.05) is 4.91 Å². The minimum Gasteiger partial charge on any atom is -0.388 e. The van der Waals surface area contributed by atoms with E-state index in [0.717, 1.165) is 38.8 Å². The number of hydrogen-bond donors (Lipinski definition) is 1. The smallest absolute Gasteiger partial charge is 0.0935 e. The van der Waals surface area contributed by atoms with Crippen molar-refractivity contribution in [3.63, 3.8) is 0 Å². The van der Waals surface area contributed by atoms with Gasteiger partial charge in [0.25, 0.3) is 0 Å². The number of rotatable bonds is 1. The molecule has 0 unspecified atom stereocenters. The summed E-state index contributed by atoms with van der Waals surface area (Å²) in [6.45, 7) is 4.14. The second-order valence-corrected chi connectivity index (χ2v) is 6.27. The first-order valence-electron chi connectivity index (χ1n) is 7.98. The van der Waals surface area contributed by atoms with E-state index >= 15 is 0 Å². The number of aliphatic hydroxyl groups excluding tert-OH is 1. The van der Waals surface area contributed by atoms with E-state index in [1.807, 2.05) is 43.3 Å². The molecule has 4 heteroatoms. The van der Waals surface area contributed by atoms with E-state index in [2.05, 4.69) is 29.1 Å². The van der Waals surface area contributed by atoms with Crippen molar-refractivity contribution < 1.29 is 5.11 Å². The zero-order valence-electron chi connectivity index (χ0n) is 13.6. The van der Waals surface area contributed by atoms with Crippen molar-refractivity contribution in [2.45, 2.75) is 26.0 Å². The Balaban J connectivity index is 2.22. The standard InChI is InChI=1S/C20H17N3O/c1-11-13-7-3-4-8-14(13)12(2)18-17(11)15-9-5-6-10-16(15)20(24)19(18)22-23-21/h3-10,19-20,24H,1-2H3/t19-,20-/m1/s1. The first-order valence-corrected chi connectivity index (χ1v) is 7.98. The minimum atomic E-state index is -0.830. The Labute approximate surface area is 140 Å². The first-order chi connectivity index (χ1) is 11.6. The van der Waals surface area contributed by atoms with Crippen LogP contribution in [0.5, 0.6) is 0 Å². The van der Waals surface area contributed by atoms with Crippen LogP contribution in [-0.2, 0) is 0 Å². The summed E-state index contributed by atoms with van der Waals surface area (Å²) in [6, 6.07) is 15.5. The summed E-state index contributed by atoms with van der Waals surface area (Å²) < 4.78 is 0. The van der Waals surface area contributed by atoms with Crippen LogP contribution in [0.1, 0.15) is 34.4 Å². The first kappa shape index (κ1) is 14.8. The highest BCUT2D eigenvalue weighted by Gasteiger charge is 2.34. The molecule has 2 atom stereocenters. The molecule has 4 nitrogen and oxygen atoms in total. The Morgan fingerprint density at radius 3 is 2.29 bits per heavy atom. The molecule has 3 aromatic carbocycles. The molecule has 118 valence electrons. The lowest BCUT2D eigenvalue weighted by molar-refractivity contribution is 0.145. The maximum atomic E-state index is 10.8. The van der Waals surface area contributed by atoms with E-state index in [1.54, 1.807) is 0 Å².